The molecule has 0 spiro atoms. The second-order valence-corrected chi connectivity index (χ2v) is 6.39. The third-order valence-corrected chi connectivity index (χ3v) is 4.49. The molecule has 0 radical (unpaired) electrons. The number of aliphatic imine (C=N–C) groups is 1. The average molecular weight is 320 g/mol. The van der Waals surface area contributed by atoms with Gasteiger partial charge in [-0.2, -0.15) is 0 Å². The molecule has 0 atom stereocenters. The molecule has 0 aromatic heterocycles. The van der Waals surface area contributed by atoms with Gasteiger partial charge in [-0.15, -0.1) is 0 Å². The quantitative estimate of drug-likeness (QED) is 0.853. The van der Waals surface area contributed by atoms with Crippen molar-refractivity contribution in [2.24, 2.45) is 4.99 Å². The second-order valence-electron chi connectivity index (χ2n) is 6.39. The zero-order valence-electron chi connectivity index (χ0n) is 14.0. The van der Waals surface area contributed by atoms with Crippen LogP contribution in [-0.4, -0.2) is 24.3 Å². The molecule has 4 heteroatoms. The van der Waals surface area contributed by atoms with Gasteiger partial charge in [0.1, 0.15) is 0 Å². The van der Waals surface area contributed by atoms with Crippen molar-refractivity contribution in [1.29, 1.82) is 0 Å². The van der Waals surface area contributed by atoms with Gasteiger partial charge in [0.2, 0.25) is 0 Å². The number of nitrogens with zero attached hydrogens (tertiary/aromatic N) is 2. The Morgan fingerprint density at radius 2 is 1.92 bits per heavy atom. The van der Waals surface area contributed by atoms with Crippen molar-refractivity contribution in [2.75, 3.05) is 11.9 Å². The molecule has 1 aliphatic heterocycles. The van der Waals surface area contributed by atoms with Crippen molar-refractivity contribution >= 4 is 23.6 Å². The fourth-order valence-electron chi connectivity index (χ4n) is 3.21. The number of likely N-dealkylation sites (N-methyl/N-ethyl adjacent to an activating group) is 1. The maximum atomic E-state index is 11.0. The Bertz CT molecular complexity index is 850. The third-order valence-electron chi connectivity index (χ3n) is 4.49. The van der Waals surface area contributed by atoms with Gasteiger partial charge in [-0.05, 0) is 35.9 Å². The monoisotopic (exact) mass is 320 g/mol. The first kappa shape index (κ1) is 16.0. The molecule has 0 bridgehead atoms. The van der Waals surface area contributed by atoms with E-state index in [1.165, 1.54) is 11.3 Å². The molecule has 0 unspecified atom stereocenters. The van der Waals surface area contributed by atoms with Gasteiger partial charge >= 0.3 is 5.97 Å². The number of carboxylic acids is 1. The number of allylic oxidation sites excluding steroid dienone is 2. The maximum Gasteiger partial charge on any atom is 0.335 e. The molecule has 3 rings (SSSR count). The van der Waals surface area contributed by atoms with Gasteiger partial charge in [-0.1, -0.05) is 38.1 Å². The molecule has 1 N–H and O–H groups in total. The summed E-state index contributed by atoms with van der Waals surface area (Å²) in [4.78, 5) is 17.6. The lowest BCUT2D eigenvalue weighted by molar-refractivity contribution is 0.0697. The molecule has 24 heavy (non-hydrogen) atoms. The summed E-state index contributed by atoms with van der Waals surface area (Å²) in [5.74, 6) is -0.947. The molecule has 2 aromatic carbocycles. The van der Waals surface area contributed by atoms with Crippen molar-refractivity contribution in [3.05, 3.63) is 71.4 Å². The summed E-state index contributed by atoms with van der Waals surface area (Å²) >= 11 is 0. The lowest BCUT2D eigenvalue weighted by Gasteiger charge is -2.23. The van der Waals surface area contributed by atoms with Crippen LogP contribution >= 0.6 is 0 Å². The largest absolute Gasteiger partial charge is 0.478 e. The Labute approximate surface area is 141 Å². The minimum absolute atomic E-state index is 0.0969. The van der Waals surface area contributed by atoms with Crippen molar-refractivity contribution in [3.8, 4) is 0 Å². The summed E-state index contributed by atoms with van der Waals surface area (Å²) in [7, 11) is 2.05. The Hall–Kier alpha value is -2.88. The first-order valence-corrected chi connectivity index (χ1v) is 7.82. The summed E-state index contributed by atoms with van der Waals surface area (Å²) in [6, 6.07) is 15.0. The highest BCUT2D eigenvalue weighted by Crippen LogP contribution is 2.46. The molecule has 2 aromatic rings. The first-order chi connectivity index (χ1) is 11.4. The van der Waals surface area contributed by atoms with Crippen LogP contribution in [-0.2, 0) is 5.41 Å². The number of carboxylic acid groups (broad SMARTS) is 1. The van der Waals surface area contributed by atoms with Gasteiger partial charge in [0, 0.05) is 30.1 Å². The van der Waals surface area contributed by atoms with E-state index in [1.807, 2.05) is 12.1 Å². The summed E-state index contributed by atoms with van der Waals surface area (Å²) < 4.78 is 0. The number of rotatable bonds is 3. The molecule has 0 amide bonds. The van der Waals surface area contributed by atoms with Gasteiger partial charge in [-0.25, -0.2) is 4.79 Å². The molecule has 0 saturated heterocycles. The van der Waals surface area contributed by atoms with Gasteiger partial charge in [0.25, 0.3) is 0 Å². The topological polar surface area (TPSA) is 52.9 Å². The minimum atomic E-state index is -0.947. The van der Waals surface area contributed by atoms with Crippen molar-refractivity contribution in [3.63, 3.8) is 0 Å². The van der Waals surface area contributed by atoms with Crippen LogP contribution in [0.4, 0.5) is 11.4 Å². The lowest BCUT2D eigenvalue weighted by atomic mass is 9.84. The van der Waals surface area contributed by atoms with Crippen LogP contribution in [0.1, 0.15) is 29.8 Å². The van der Waals surface area contributed by atoms with E-state index in [2.05, 4.69) is 49.0 Å². The van der Waals surface area contributed by atoms with E-state index in [0.717, 1.165) is 5.70 Å². The van der Waals surface area contributed by atoms with E-state index in [1.54, 1.807) is 30.5 Å². The summed E-state index contributed by atoms with van der Waals surface area (Å²) in [5, 5.41) is 9.04. The van der Waals surface area contributed by atoms with E-state index in [4.69, 9.17) is 5.11 Å². The number of hydrogen-bond donors (Lipinski definition) is 1. The predicted octanol–water partition coefficient (Wildman–Crippen LogP) is 4.40. The number of aromatic carboxylic acids is 1. The molecule has 0 fully saturated rings. The van der Waals surface area contributed by atoms with Crippen molar-refractivity contribution < 1.29 is 9.90 Å². The molecule has 122 valence electrons. The molecular weight excluding hydrogens is 300 g/mol. The lowest BCUT2D eigenvalue weighted by Crippen LogP contribution is -2.23. The van der Waals surface area contributed by atoms with Gasteiger partial charge in [-0.3, -0.25) is 4.99 Å². The summed E-state index contributed by atoms with van der Waals surface area (Å²) in [5.41, 5.74) is 4.42. The highest BCUT2D eigenvalue weighted by molar-refractivity contribution is 5.89. The SMILES string of the molecule is CN1/C(=C\C=Nc2cccc(C(=O)O)c2)C(C)(C)c2ccccc21. The maximum absolute atomic E-state index is 11.0. The minimum Gasteiger partial charge on any atom is -0.478 e. The average Bonchev–Trinajstić information content (AvgIpc) is 2.76. The predicted molar refractivity (Wildman–Crippen MR) is 97.5 cm³/mol. The van der Waals surface area contributed by atoms with Crippen LogP contribution in [0, 0.1) is 0 Å². The number of carbonyl (C=O) groups is 1. The van der Waals surface area contributed by atoms with Crippen LogP contribution < -0.4 is 4.90 Å². The highest BCUT2D eigenvalue weighted by Gasteiger charge is 2.37. The molecular formula is C20H20N2O2. The van der Waals surface area contributed by atoms with Crippen LogP contribution in [0.2, 0.25) is 0 Å². The zero-order valence-corrected chi connectivity index (χ0v) is 14.0. The first-order valence-electron chi connectivity index (χ1n) is 7.82. The molecule has 1 heterocycles. The summed E-state index contributed by atoms with van der Waals surface area (Å²) in [6.07, 6.45) is 3.73. The number of fused-ring (bicyclic) bond motifs is 1. The van der Waals surface area contributed by atoms with E-state index in [-0.39, 0.29) is 11.0 Å². The fraction of sp³-hybridized carbons (Fsp3) is 0.200. The van der Waals surface area contributed by atoms with E-state index in [0.29, 0.717) is 5.69 Å². The number of anilines is 1. The van der Waals surface area contributed by atoms with Crippen LogP contribution in [0.25, 0.3) is 0 Å². The normalized spacial score (nSPS) is 17.5. The van der Waals surface area contributed by atoms with Crippen LogP contribution in [0.15, 0.2) is 65.3 Å². The number of hydrogen-bond acceptors (Lipinski definition) is 3. The molecule has 1 aliphatic rings. The fourth-order valence-corrected chi connectivity index (χ4v) is 3.21. The van der Waals surface area contributed by atoms with Crippen LogP contribution in [0.3, 0.4) is 0 Å². The smallest absolute Gasteiger partial charge is 0.335 e. The Morgan fingerprint density at radius 1 is 1.17 bits per heavy atom. The van der Waals surface area contributed by atoms with Crippen molar-refractivity contribution in [1.82, 2.24) is 0 Å². The zero-order chi connectivity index (χ0) is 17.3. The van der Waals surface area contributed by atoms with Gasteiger partial charge in [0.05, 0.1) is 11.3 Å². The van der Waals surface area contributed by atoms with Crippen molar-refractivity contribution in [2.45, 2.75) is 19.3 Å². The molecule has 0 saturated carbocycles. The Kier molecular flexibility index (Phi) is 3.97. The van der Waals surface area contributed by atoms with Gasteiger partial charge in [0.15, 0.2) is 0 Å². The third kappa shape index (κ3) is 2.71. The number of para-hydroxylation sites is 1. The molecule has 4 nitrogen and oxygen atoms in total. The van der Waals surface area contributed by atoms with E-state index < -0.39 is 5.97 Å². The molecule has 0 aliphatic carbocycles. The summed E-state index contributed by atoms with van der Waals surface area (Å²) in [6.45, 7) is 4.39. The second kappa shape index (κ2) is 5.96. The number of benzene rings is 2. The van der Waals surface area contributed by atoms with Gasteiger partial charge < -0.3 is 10.0 Å². The standard InChI is InChI=1S/C20H20N2O2/c1-20(2)16-9-4-5-10-17(16)22(3)18(20)11-12-21-15-8-6-7-14(13-15)19(23)24/h4-13H,1-3H3,(H,23,24)/b18-11-,21-12?. The van der Waals surface area contributed by atoms with Crippen LogP contribution in [0.5, 0.6) is 0 Å². The Balaban J connectivity index is 1.90. The van der Waals surface area contributed by atoms with E-state index >= 15 is 0 Å². The highest BCUT2D eigenvalue weighted by atomic mass is 16.4. The Morgan fingerprint density at radius 3 is 2.62 bits per heavy atom. The van der Waals surface area contributed by atoms with E-state index in [9.17, 15) is 4.79 Å².